The van der Waals surface area contributed by atoms with Gasteiger partial charge in [-0.1, -0.05) is 6.92 Å². The molecule has 0 saturated heterocycles. The summed E-state index contributed by atoms with van der Waals surface area (Å²) in [5.74, 6) is 0.167. The Hall–Kier alpha value is -3.02. The largest absolute Gasteiger partial charge is 0.508 e. The van der Waals surface area contributed by atoms with Crippen LogP contribution in [0.4, 0.5) is 0 Å². The van der Waals surface area contributed by atoms with E-state index in [4.69, 9.17) is 0 Å². The van der Waals surface area contributed by atoms with Crippen LogP contribution in [0, 0.1) is 0 Å². The van der Waals surface area contributed by atoms with Gasteiger partial charge in [0.25, 0.3) is 5.56 Å². The van der Waals surface area contributed by atoms with Crippen LogP contribution in [0.15, 0.2) is 41.2 Å². The monoisotopic (exact) mass is 312 g/mol. The molecule has 0 fully saturated rings. The third kappa shape index (κ3) is 2.59. The second-order valence-electron chi connectivity index (χ2n) is 5.29. The third-order valence-corrected chi connectivity index (χ3v) is 3.59. The van der Waals surface area contributed by atoms with Crippen molar-refractivity contribution in [1.29, 1.82) is 0 Å². The second-order valence-corrected chi connectivity index (χ2v) is 5.29. The Morgan fingerprint density at radius 1 is 1.04 bits per heavy atom. The number of rotatable bonds is 3. The maximum absolute atomic E-state index is 12.9. The van der Waals surface area contributed by atoms with Gasteiger partial charge in [-0.2, -0.15) is 0 Å². The van der Waals surface area contributed by atoms with Gasteiger partial charge in [-0.05, 0) is 30.7 Å². The maximum Gasteiger partial charge on any atom is 0.269 e. The topological polar surface area (TPSA) is 95.6 Å². The van der Waals surface area contributed by atoms with E-state index in [1.54, 1.807) is 12.1 Å². The lowest BCUT2D eigenvalue weighted by molar-refractivity contribution is 0.454. The standard InChI is InChI=1S/C17H16N2O4/c1-2-3-15-18-13-8-12(21)9-14(22)16(13)17(23)19(15)10-4-6-11(20)7-5-10/h4-9,20-22H,2-3H2,1H3. The summed E-state index contributed by atoms with van der Waals surface area (Å²) in [5, 5.41) is 29.1. The van der Waals surface area contributed by atoms with Crippen molar-refractivity contribution in [2.24, 2.45) is 0 Å². The van der Waals surface area contributed by atoms with Crippen LogP contribution in [0.25, 0.3) is 16.6 Å². The van der Waals surface area contributed by atoms with Gasteiger partial charge in [0.05, 0.1) is 11.2 Å². The van der Waals surface area contributed by atoms with Crippen LogP contribution in [0.3, 0.4) is 0 Å². The molecule has 0 radical (unpaired) electrons. The molecular formula is C17H16N2O4. The Morgan fingerprint density at radius 2 is 1.74 bits per heavy atom. The van der Waals surface area contributed by atoms with E-state index in [1.807, 2.05) is 6.92 Å². The molecular weight excluding hydrogens is 296 g/mol. The first-order valence-electron chi connectivity index (χ1n) is 7.28. The summed E-state index contributed by atoms with van der Waals surface area (Å²) in [6, 6.07) is 8.67. The minimum absolute atomic E-state index is 0.0516. The van der Waals surface area contributed by atoms with E-state index in [1.165, 1.54) is 22.8 Å². The lowest BCUT2D eigenvalue weighted by atomic mass is 10.2. The quantitative estimate of drug-likeness (QED) is 0.690. The van der Waals surface area contributed by atoms with Crippen LogP contribution in [-0.4, -0.2) is 24.9 Å². The van der Waals surface area contributed by atoms with Crippen molar-refractivity contribution in [1.82, 2.24) is 9.55 Å². The molecule has 1 heterocycles. The van der Waals surface area contributed by atoms with Gasteiger partial charge in [0.15, 0.2) is 0 Å². The number of aromatic hydroxyl groups is 3. The van der Waals surface area contributed by atoms with Gasteiger partial charge in [0.1, 0.15) is 28.5 Å². The molecule has 2 aromatic carbocycles. The van der Waals surface area contributed by atoms with Gasteiger partial charge in [-0.25, -0.2) is 4.98 Å². The van der Waals surface area contributed by atoms with E-state index in [9.17, 15) is 20.1 Å². The number of fused-ring (bicyclic) bond motifs is 1. The highest BCUT2D eigenvalue weighted by Crippen LogP contribution is 2.27. The lowest BCUT2D eigenvalue weighted by Crippen LogP contribution is -2.24. The highest BCUT2D eigenvalue weighted by Gasteiger charge is 2.16. The predicted molar refractivity (Wildman–Crippen MR) is 86.3 cm³/mol. The number of phenolic OH excluding ortho intramolecular Hbond substituents is 3. The van der Waals surface area contributed by atoms with Gasteiger partial charge in [0.2, 0.25) is 0 Å². The molecule has 6 nitrogen and oxygen atoms in total. The van der Waals surface area contributed by atoms with E-state index in [0.29, 0.717) is 17.9 Å². The third-order valence-electron chi connectivity index (χ3n) is 3.59. The number of hydrogen-bond donors (Lipinski definition) is 3. The first-order chi connectivity index (χ1) is 11.0. The highest BCUT2D eigenvalue weighted by molar-refractivity contribution is 5.85. The molecule has 3 aromatic rings. The molecule has 3 rings (SSSR count). The van der Waals surface area contributed by atoms with Crippen LogP contribution in [0.5, 0.6) is 17.2 Å². The number of nitrogens with zero attached hydrogens (tertiary/aromatic N) is 2. The summed E-state index contributed by atoms with van der Waals surface area (Å²) in [7, 11) is 0. The van der Waals surface area contributed by atoms with Crippen molar-refractivity contribution in [2.75, 3.05) is 0 Å². The summed E-state index contributed by atoms with van der Waals surface area (Å²) in [5.41, 5.74) is 0.394. The van der Waals surface area contributed by atoms with E-state index in [-0.39, 0.29) is 28.2 Å². The number of aryl methyl sites for hydroxylation is 1. The Balaban J connectivity index is 2.39. The minimum atomic E-state index is -0.415. The normalized spacial score (nSPS) is 11.0. The molecule has 0 bridgehead atoms. The van der Waals surface area contributed by atoms with Gasteiger partial charge >= 0.3 is 0 Å². The number of hydrogen-bond acceptors (Lipinski definition) is 5. The minimum Gasteiger partial charge on any atom is -0.508 e. The molecule has 118 valence electrons. The van der Waals surface area contributed by atoms with Gasteiger partial charge in [-0.3, -0.25) is 9.36 Å². The van der Waals surface area contributed by atoms with Crippen LogP contribution in [0.2, 0.25) is 0 Å². The van der Waals surface area contributed by atoms with E-state index in [2.05, 4.69) is 4.98 Å². The average molecular weight is 312 g/mol. The molecule has 0 saturated carbocycles. The van der Waals surface area contributed by atoms with Crippen LogP contribution >= 0.6 is 0 Å². The van der Waals surface area contributed by atoms with Crippen molar-refractivity contribution in [3.8, 4) is 22.9 Å². The highest BCUT2D eigenvalue weighted by atomic mass is 16.3. The first-order valence-corrected chi connectivity index (χ1v) is 7.28. The zero-order chi connectivity index (χ0) is 16.6. The Labute approximate surface area is 131 Å². The Kier molecular flexibility index (Phi) is 3.65. The summed E-state index contributed by atoms with van der Waals surface area (Å²) >= 11 is 0. The molecule has 23 heavy (non-hydrogen) atoms. The fraction of sp³-hybridized carbons (Fsp3) is 0.176. The molecule has 6 heteroatoms. The van der Waals surface area contributed by atoms with E-state index >= 15 is 0 Å². The van der Waals surface area contributed by atoms with Crippen LogP contribution < -0.4 is 5.56 Å². The molecule has 3 N–H and O–H groups in total. The van der Waals surface area contributed by atoms with Crippen molar-refractivity contribution in [3.05, 3.63) is 52.6 Å². The lowest BCUT2D eigenvalue weighted by Gasteiger charge is -2.14. The number of phenols is 3. The molecule has 1 aromatic heterocycles. The smallest absolute Gasteiger partial charge is 0.269 e. The average Bonchev–Trinajstić information content (AvgIpc) is 2.48. The summed E-state index contributed by atoms with van der Waals surface area (Å²) in [6.45, 7) is 1.97. The summed E-state index contributed by atoms with van der Waals surface area (Å²) < 4.78 is 1.42. The Morgan fingerprint density at radius 3 is 2.39 bits per heavy atom. The summed E-state index contributed by atoms with van der Waals surface area (Å²) in [4.78, 5) is 17.3. The van der Waals surface area contributed by atoms with Gasteiger partial charge in [-0.15, -0.1) is 0 Å². The fourth-order valence-corrected chi connectivity index (χ4v) is 2.58. The second kappa shape index (κ2) is 5.64. The van der Waals surface area contributed by atoms with E-state index in [0.717, 1.165) is 12.5 Å². The zero-order valence-electron chi connectivity index (χ0n) is 12.5. The predicted octanol–water partition coefficient (Wildman–Crippen LogP) is 2.46. The Bertz CT molecular complexity index is 930. The van der Waals surface area contributed by atoms with Gasteiger partial charge < -0.3 is 15.3 Å². The van der Waals surface area contributed by atoms with Crippen molar-refractivity contribution in [3.63, 3.8) is 0 Å². The molecule has 0 aliphatic heterocycles. The molecule has 0 aliphatic rings. The van der Waals surface area contributed by atoms with E-state index < -0.39 is 5.56 Å². The van der Waals surface area contributed by atoms with Gasteiger partial charge in [0, 0.05) is 18.6 Å². The maximum atomic E-state index is 12.9. The molecule has 0 atom stereocenters. The van der Waals surface area contributed by atoms with Crippen molar-refractivity contribution in [2.45, 2.75) is 19.8 Å². The molecule has 0 spiro atoms. The molecule has 0 unspecified atom stereocenters. The number of aromatic nitrogens is 2. The van der Waals surface area contributed by atoms with Crippen LogP contribution in [0.1, 0.15) is 19.2 Å². The van der Waals surface area contributed by atoms with Crippen LogP contribution in [-0.2, 0) is 6.42 Å². The first kappa shape index (κ1) is 14.9. The zero-order valence-corrected chi connectivity index (χ0v) is 12.5. The van der Waals surface area contributed by atoms with Crippen molar-refractivity contribution >= 4 is 10.9 Å². The number of benzene rings is 2. The molecule has 0 aliphatic carbocycles. The fourth-order valence-electron chi connectivity index (χ4n) is 2.58. The summed E-state index contributed by atoms with van der Waals surface area (Å²) in [6.07, 6.45) is 1.34. The molecule has 0 amide bonds. The SMILES string of the molecule is CCCc1nc2cc(O)cc(O)c2c(=O)n1-c1ccc(O)cc1. The van der Waals surface area contributed by atoms with Crippen molar-refractivity contribution < 1.29 is 15.3 Å².